The van der Waals surface area contributed by atoms with Crippen molar-refractivity contribution in [1.29, 1.82) is 0 Å². The molecule has 1 rings (SSSR count). The van der Waals surface area contributed by atoms with Gasteiger partial charge in [0.1, 0.15) is 0 Å². The molecule has 54 valence electrons. The number of hydrogen-bond donors (Lipinski definition) is 2. The van der Waals surface area contributed by atoms with Crippen LogP contribution in [0.5, 0.6) is 0 Å². The van der Waals surface area contributed by atoms with E-state index in [-0.39, 0.29) is 5.56 Å². The number of thioether (sulfide) groups is 1. The molecule has 0 radical (unpaired) electrons. The minimum Gasteiger partial charge on any atom is -0.328 e. The number of rotatable bonds is 2. The van der Waals surface area contributed by atoms with Crippen molar-refractivity contribution < 1.29 is 0 Å². The van der Waals surface area contributed by atoms with Gasteiger partial charge in [0.05, 0.1) is 4.90 Å². The number of aromatic nitrogens is 1. The van der Waals surface area contributed by atoms with Crippen molar-refractivity contribution in [3.63, 3.8) is 0 Å². The third-order valence-corrected chi connectivity index (χ3v) is 1.82. The average molecular weight is 156 g/mol. The molecule has 0 fully saturated rings. The molecule has 0 aliphatic heterocycles. The summed E-state index contributed by atoms with van der Waals surface area (Å²) in [5, 5.41) is 0. The van der Waals surface area contributed by atoms with E-state index in [0.29, 0.717) is 10.8 Å². The van der Waals surface area contributed by atoms with Gasteiger partial charge in [0.2, 0.25) is 0 Å². The summed E-state index contributed by atoms with van der Waals surface area (Å²) in [5.41, 5.74) is 5.17. The molecule has 0 amide bonds. The van der Waals surface area contributed by atoms with Crippen LogP contribution in [0.15, 0.2) is 28.0 Å². The Morgan fingerprint density at radius 3 is 3.10 bits per heavy atom. The molecule has 1 heterocycles. The highest BCUT2D eigenvalue weighted by Gasteiger charge is 1.94. The molecule has 3 N–H and O–H groups in total. The maximum atomic E-state index is 10.9. The molecule has 1 aromatic rings. The molecule has 0 saturated carbocycles. The molecule has 1 aromatic heterocycles. The van der Waals surface area contributed by atoms with Crippen LogP contribution in [-0.4, -0.2) is 10.9 Å². The third-order valence-electron chi connectivity index (χ3n) is 1.02. The summed E-state index contributed by atoms with van der Waals surface area (Å²) < 4.78 is 0. The molecule has 0 saturated heterocycles. The molecule has 0 aliphatic carbocycles. The van der Waals surface area contributed by atoms with Gasteiger partial charge in [0.25, 0.3) is 5.56 Å². The first-order valence-electron chi connectivity index (χ1n) is 2.85. The van der Waals surface area contributed by atoms with Gasteiger partial charge in [0, 0.05) is 12.1 Å². The lowest BCUT2D eigenvalue weighted by atomic mass is 10.5. The largest absolute Gasteiger partial charge is 0.328 e. The number of nitrogens with one attached hydrogen (secondary N) is 1. The van der Waals surface area contributed by atoms with Crippen LogP contribution >= 0.6 is 11.8 Å². The zero-order valence-electron chi connectivity index (χ0n) is 5.33. The fraction of sp³-hybridized carbons (Fsp3) is 0.167. The SMILES string of the molecule is NCSc1ccc[nH]c1=O. The van der Waals surface area contributed by atoms with E-state index in [1.54, 1.807) is 18.3 Å². The third kappa shape index (κ3) is 1.62. The van der Waals surface area contributed by atoms with Gasteiger partial charge in [-0.05, 0) is 12.1 Å². The van der Waals surface area contributed by atoms with E-state index in [4.69, 9.17) is 5.73 Å². The fourth-order valence-corrected chi connectivity index (χ4v) is 1.15. The van der Waals surface area contributed by atoms with Gasteiger partial charge in [-0.3, -0.25) is 4.79 Å². The van der Waals surface area contributed by atoms with E-state index in [1.807, 2.05) is 0 Å². The number of H-pyrrole nitrogens is 1. The highest BCUT2D eigenvalue weighted by atomic mass is 32.2. The Morgan fingerprint density at radius 1 is 1.70 bits per heavy atom. The van der Waals surface area contributed by atoms with E-state index in [2.05, 4.69) is 4.98 Å². The van der Waals surface area contributed by atoms with Crippen LogP contribution in [0.1, 0.15) is 0 Å². The summed E-state index contributed by atoms with van der Waals surface area (Å²) in [6, 6.07) is 3.52. The Hall–Kier alpha value is -0.740. The lowest BCUT2D eigenvalue weighted by Crippen LogP contribution is -2.07. The van der Waals surface area contributed by atoms with Crippen molar-refractivity contribution in [2.24, 2.45) is 5.73 Å². The first kappa shape index (κ1) is 7.37. The molecular weight excluding hydrogens is 148 g/mol. The smallest absolute Gasteiger partial charge is 0.261 e. The molecule has 0 aliphatic rings. The van der Waals surface area contributed by atoms with Gasteiger partial charge in [-0.2, -0.15) is 0 Å². The molecule has 0 aromatic carbocycles. The quantitative estimate of drug-likeness (QED) is 0.481. The Labute approximate surface area is 62.6 Å². The minimum atomic E-state index is -0.0713. The van der Waals surface area contributed by atoms with E-state index in [0.717, 1.165) is 0 Å². The van der Waals surface area contributed by atoms with Crippen LogP contribution in [0.3, 0.4) is 0 Å². The predicted molar refractivity (Wildman–Crippen MR) is 42.0 cm³/mol. The molecule has 0 spiro atoms. The van der Waals surface area contributed by atoms with E-state index < -0.39 is 0 Å². The maximum absolute atomic E-state index is 10.9. The van der Waals surface area contributed by atoms with Crippen LogP contribution in [0.4, 0.5) is 0 Å². The molecular formula is C6H8N2OS. The van der Waals surface area contributed by atoms with Crippen molar-refractivity contribution in [2.75, 3.05) is 5.88 Å². The monoisotopic (exact) mass is 156 g/mol. The Kier molecular flexibility index (Phi) is 2.53. The standard InChI is InChI=1S/C6H8N2OS/c7-4-10-5-2-1-3-8-6(5)9/h1-3H,4,7H2,(H,8,9). The Morgan fingerprint density at radius 2 is 2.50 bits per heavy atom. The van der Waals surface area contributed by atoms with E-state index in [9.17, 15) is 4.79 Å². The van der Waals surface area contributed by atoms with Crippen LogP contribution in [0.2, 0.25) is 0 Å². The lowest BCUT2D eigenvalue weighted by Gasteiger charge is -1.93. The second-order valence-electron chi connectivity index (χ2n) is 1.67. The van der Waals surface area contributed by atoms with Gasteiger partial charge in [0.15, 0.2) is 0 Å². The van der Waals surface area contributed by atoms with Gasteiger partial charge in [-0.1, -0.05) is 0 Å². The first-order valence-corrected chi connectivity index (χ1v) is 3.83. The summed E-state index contributed by atoms with van der Waals surface area (Å²) in [7, 11) is 0. The second kappa shape index (κ2) is 3.43. The van der Waals surface area contributed by atoms with Crippen molar-refractivity contribution in [3.05, 3.63) is 28.7 Å². The van der Waals surface area contributed by atoms with Crippen LogP contribution < -0.4 is 11.3 Å². The van der Waals surface area contributed by atoms with Crippen molar-refractivity contribution in [3.8, 4) is 0 Å². The maximum Gasteiger partial charge on any atom is 0.261 e. The van der Waals surface area contributed by atoms with Crippen LogP contribution in [0.25, 0.3) is 0 Å². The molecule has 0 bridgehead atoms. The molecule has 0 unspecified atom stereocenters. The number of nitrogens with two attached hydrogens (primary N) is 1. The second-order valence-corrected chi connectivity index (χ2v) is 2.74. The Balaban J connectivity index is 2.92. The Bertz CT molecular complexity index is 258. The van der Waals surface area contributed by atoms with E-state index in [1.165, 1.54) is 11.8 Å². The summed E-state index contributed by atoms with van der Waals surface area (Å²) in [4.78, 5) is 14.1. The van der Waals surface area contributed by atoms with Gasteiger partial charge in [-0.15, -0.1) is 11.8 Å². The number of aromatic amines is 1. The average Bonchev–Trinajstić information content (AvgIpc) is 1.94. The summed E-state index contributed by atoms with van der Waals surface area (Å²) in [6.07, 6.45) is 1.60. The topological polar surface area (TPSA) is 58.9 Å². The normalized spacial score (nSPS) is 9.70. The lowest BCUT2D eigenvalue weighted by molar-refractivity contribution is 1.14. The highest BCUT2D eigenvalue weighted by molar-refractivity contribution is 7.99. The molecule has 3 nitrogen and oxygen atoms in total. The molecule has 10 heavy (non-hydrogen) atoms. The number of pyridine rings is 1. The summed E-state index contributed by atoms with van der Waals surface area (Å²) >= 11 is 1.34. The number of hydrogen-bond acceptors (Lipinski definition) is 3. The van der Waals surface area contributed by atoms with Gasteiger partial charge in [-0.25, -0.2) is 0 Å². The zero-order valence-corrected chi connectivity index (χ0v) is 6.15. The first-order chi connectivity index (χ1) is 4.84. The van der Waals surface area contributed by atoms with Gasteiger partial charge < -0.3 is 10.7 Å². The fourth-order valence-electron chi connectivity index (χ4n) is 0.610. The van der Waals surface area contributed by atoms with Crippen LogP contribution in [-0.2, 0) is 0 Å². The molecule has 0 atom stereocenters. The van der Waals surface area contributed by atoms with Crippen molar-refractivity contribution in [1.82, 2.24) is 4.98 Å². The van der Waals surface area contributed by atoms with Crippen molar-refractivity contribution >= 4 is 11.8 Å². The summed E-state index contributed by atoms with van der Waals surface area (Å²) in [6.45, 7) is 0. The van der Waals surface area contributed by atoms with Crippen molar-refractivity contribution in [2.45, 2.75) is 4.90 Å². The minimum absolute atomic E-state index is 0.0713. The predicted octanol–water partition coefficient (Wildman–Crippen LogP) is 0.383. The van der Waals surface area contributed by atoms with E-state index >= 15 is 0 Å². The van der Waals surface area contributed by atoms with Gasteiger partial charge >= 0.3 is 0 Å². The zero-order chi connectivity index (χ0) is 7.40. The highest BCUT2D eigenvalue weighted by Crippen LogP contribution is 2.07. The summed E-state index contributed by atoms with van der Waals surface area (Å²) in [5.74, 6) is 0.438. The van der Waals surface area contributed by atoms with Crippen LogP contribution in [0, 0.1) is 0 Å². The molecule has 4 heteroatoms.